The van der Waals surface area contributed by atoms with Crippen molar-refractivity contribution in [1.29, 1.82) is 5.26 Å². The number of hydrogen-bond acceptors (Lipinski definition) is 10. The summed E-state index contributed by atoms with van der Waals surface area (Å²) in [5, 5.41) is 8.04. The largest absolute Gasteiger partial charge is 0.573 e. The van der Waals surface area contributed by atoms with Gasteiger partial charge in [0.15, 0.2) is 20.1 Å². The summed E-state index contributed by atoms with van der Waals surface area (Å²) < 4.78 is 89.9. The Hall–Kier alpha value is -3.68. The molecule has 1 amide bonds. The molecule has 0 aliphatic rings. The van der Waals surface area contributed by atoms with Gasteiger partial charge >= 0.3 is 6.36 Å². The maximum Gasteiger partial charge on any atom is 0.573 e. The number of ether oxygens (including phenoxy) is 1. The van der Waals surface area contributed by atoms with E-state index in [0.717, 1.165) is 23.5 Å². The zero-order chi connectivity index (χ0) is 28.3. The van der Waals surface area contributed by atoms with E-state index in [1.54, 1.807) is 21.8 Å². The number of aryl methyl sites for hydroxylation is 1. The van der Waals surface area contributed by atoms with Crippen molar-refractivity contribution in [3.63, 3.8) is 0 Å². The Labute approximate surface area is 220 Å². The van der Waals surface area contributed by atoms with Crippen molar-refractivity contribution in [2.45, 2.75) is 19.8 Å². The molecule has 3 aromatic rings. The van der Waals surface area contributed by atoms with Crippen molar-refractivity contribution >= 4 is 47.9 Å². The molecule has 3 rings (SSSR count). The van der Waals surface area contributed by atoms with Gasteiger partial charge in [-0.25, -0.2) is 26.5 Å². The quantitative estimate of drug-likeness (QED) is 0.396. The number of amides is 1. The molecule has 38 heavy (non-hydrogen) atoms. The molecule has 0 aliphatic carbocycles. The molecule has 0 unspecified atom stereocenters. The third-order valence-corrected chi connectivity index (χ3v) is 9.10. The summed E-state index contributed by atoms with van der Waals surface area (Å²) in [6.45, 7) is 1.58. The molecule has 2 aromatic carbocycles. The van der Waals surface area contributed by atoms with E-state index < -0.39 is 43.0 Å². The van der Waals surface area contributed by atoms with Gasteiger partial charge in [0.05, 0.1) is 18.2 Å². The van der Waals surface area contributed by atoms with Gasteiger partial charge in [-0.1, -0.05) is 12.1 Å². The van der Waals surface area contributed by atoms with Gasteiger partial charge < -0.3 is 9.64 Å². The number of alkyl halides is 3. The number of rotatable bonds is 9. The molecule has 1 aromatic heterocycles. The first-order valence-electron chi connectivity index (χ1n) is 10.4. The molecular formula is C22H19F3N4O6S3. The number of aromatic nitrogens is 1. The Morgan fingerprint density at radius 1 is 1.11 bits per heavy atom. The van der Waals surface area contributed by atoms with Crippen LogP contribution in [-0.2, 0) is 26.4 Å². The van der Waals surface area contributed by atoms with Crippen LogP contribution in [0.4, 0.5) is 24.0 Å². The van der Waals surface area contributed by atoms with Gasteiger partial charge in [0, 0.05) is 16.8 Å². The molecule has 0 aliphatic heterocycles. The van der Waals surface area contributed by atoms with Crippen LogP contribution in [0, 0.1) is 18.3 Å². The zero-order valence-corrected chi connectivity index (χ0v) is 22.1. The van der Waals surface area contributed by atoms with Gasteiger partial charge in [0.1, 0.15) is 11.4 Å². The van der Waals surface area contributed by atoms with E-state index in [0.29, 0.717) is 27.9 Å². The summed E-state index contributed by atoms with van der Waals surface area (Å²) in [6.07, 6.45) is -4.14. The number of nitrogens with one attached hydrogen (secondary N) is 1. The zero-order valence-electron chi connectivity index (χ0n) is 19.7. The molecule has 1 heterocycles. The van der Waals surface area contributed by atoms with Crippen LogP contribution < -0.4 is 14.4 Å². The third-order valence-electron chi connectivity index (χ3n) is 4.65. The summed E-state index contributed by atoms with van der Waals surface area (Å²) in [5.74, 6) is -1.53. The van der Waals surface area contributed by atoms with Crippen LogP contribution in [0.1, 0.15) is 26.5 Å². The second-order valence-corrected chi connectivity index (χ2v) is 13.3. The van der Waals surface area contributed by atoms with E-state index in [1.165, 1.54) is 31.2 Å². The fraction of sp³-hybridized carbons (Fsp3) is 0.227. The summed E-state index contributed by atoms with van der Waals surface area (Å²) in [7, 11) is -8.44. The summed E-state index contributed by atoms with van der Waals surface area (Å²) in [6, 6.07) is 13.4. The number of benzene rings is 2. The van der Waals surface area contributed by atoms with Crippen LogP contribution >= 0.6 is 11.3 Å². The molecule has 1 N–H and O–H groups in total. The predicted octanol–water partition coefficient (Wildman–Crippen LogP) is 3.62. The Kier molecular flexibility index (Phi) is 8.34. The van der Waals surface area contributed by atoms with Crippen molar-refractivity contribution < 1.29 is 39.5 Å². The number of thiazole rings is 1. The average molecular weight is 589 g/mol. The van der Waals surface area contributed by atoms with Gasteiger partial charge in [0.2, 0.25) is 10.0 Å². The van der Waals surface area contributed by atoms with Crippen LogP contribution in [-0.4, -0.2) is 45.4 Å². The van der Waals surface area contributed by atoms with Crippen LogP contribution in [0.2, 0.25) is 0 Å². The van der Waals surface area contributed by atoms with E-state index in [9.17, 15) is 34.8 Å². The Morgan fingerprint density at radius 3 is 2.24 bits per heavy atom. The summed E-state index contributed by atoms with van der Waals surface area (Å²) >= 11 is 1.03. The maximum absolute atomic E-state index is 12.6. The van der Waals surface area contributed by atoms with Crippen LogP contribution in [0.25, 0.3) is 0 Å². The van der Waals surface area contributed by atoms with Crippen LogP contribution in [0.5, 0.6) is 5.75 Å². The van der Waals surface area contributed by atoms with E-state index in [-0.39, 0.29) is 17.4 Å². The molecule has 16 heteroatoms. The molecule has 0 bridgehead atoms. The number of sulfone groups is 1. The SMILES string of the molecule is Cc1sc(N(Cc2ccc(OC(F)(F)F)cc2)c2ccc(C#N)cc2)nc1C(=O)NS(=O)(=O)CS(C)(=O)=O. The normalized spacial score (nSPS) is 12.0. The van der Waals surface area contributed by atoms with Gasteiger partial charge in [-0.15, -0.1) is 24.5 Å². The minimum Gasteiger partial charge on any atom is -0.406 e. The van der Waals surface area contributed by atoms with E-state index >= 15 is 0 Å². The van der Waals surface area contributed by atoms with Crippen LogP contribution in [0.15, 0.2) is 48.5 Å². The highest BCUT2D eigenvalue weighted by atomic mass is 32.3. The molecule has 0 saturated heterocycles. The highest BCUT2D eigenvalue weighted by Crippen LogP contribution is 2.34. The highest BCUT2D eigenvalue weighted by Gasteiger charge is 2.31. The second-order valence-electron chi connectivity index (χ2n) is 7.93. The number of carbonyl (C=O) groups excluding carboxylic acids is 1. The number of carbonyl (C=O) groups is 1. The lowest BCUT2D eigenvalue weighted by molar-refractivity contribution is -0.274. The number of nitrogens with zero attached hydrogens (tertiary/aromatic N) is 3. The fourth-order valence-electron chi connectivity index (χ4n) is 3.17. The first-order valence-corrected chi connectivity index (χ1v) is 14.9. The first kappa shape index (κ1) is 28.9. The van der Waals surface area contributed by atoms with Crippen molar-refractivity contribution in [3.8, 4) is 11.8 Å². The number of hydrogen-bond donors (Lipinski definition) is 1. The Bertz CT molecular complexity index is 1580. The van der Waals surface area contributed by atoms with Gasteiger partial charge in [0.25, 0.3) is 5.91 Å². The average Bonchev–Trinajstić information content (AvgIpc) is 3.17. The monoisotopic (exact) mass is 588 g/mol. The van der Waals surface area contributed by atoms with Gasteiger partial charge in [-0.3, -0.25) is 4.79 Å². The fourth-order valence-corrected chi connectivity index (χ4v) is 6.97. The summed E-state index contributed by atoms with van der Waals surface area (Å²) in [5.41, 5.74) is 1.17. The second kappa shape index (κ2) is 11.0. The van der Waals surface area contributed by atoms with E-state index in [2.05, 4.69) is 9.72 Å². The lowest BCUT2D eigenvalue weighted by Crippen LogP contribution is -2.35. The minimum atomic E-state index is -4.85. The molecule has 0 spiro atoms. The number of anilines is 2. The van der Waals surface area contributed by atoms with Gasteiger partial charge in [-0.05, 0) is 48.9 Å². The van der Waals surface area contributed by atoms with Crippen molar-refractivity contribution in [2.75, 3.05) is 16.2 Å². The molecule has 0 atom stereocenters. The van der Waals surface area contributed by atoms with Crippen molar-refractivity contribution in [3.05, 3.63) is 70.2 Å². The van der Waals surface area contributed by atoms with E-state index in [4.69, 9.17) is 5.26 Å². The van der Waals surface area contributed by atoms with Crippen LogP contribution in [0.3, 0.4) is 0 Å². The topological polar surface area (TPSA) is 147 Å². The summed E-state index contributed by atoms with van der Waals surface area (Å²) in [4.78, 5) is 18.8. The first-order chi connectivity index (χ1) is 17.5. The molecule has 0 fully saturated rings. The number of halogens is 3. The highest BCUT2D eigenvalue weighted by molar-refractivity contribution is 8.07. The lowest BCUT2D eigenvalue weighted by atomic mass is 10.1. The maximum atomic E-state index is 12.6. The van der Waals surface area contributed by atoms with Crippen molar-refractivity contribution in [2.24, 2.45) is 0 Å². The minimum absolute atomic E-state index is 0.0680. The number of sulfonamides is 1. The standard InChI is InChI=1S/C22H19F3N4O6S3/c1-14-19(20(30)28-38(33,34)13-37(2,31)32)27-21(36-14)29(17-7-3-15(11-26)4-8-17)12-16-5-9-18(10-6-16)35-22(23,24)25/h3-10H,12-13H2,1-2H3,(H,28,30). The molecule has 0 radical (unpaired) electrons. The number of nitriles is 1. The Balaban J connectivity index is 1.94. The lowest BCUT2D eigenvalue weighted by Gasteiger charge is -2.22. The predicted molar refractivity (Wildman–Crippen MR) is 133 cm³/mol. The van der Waals surface area contributed by atoms with Gasteiger partial charge in [-0.2, -0.15) is 5.26 Å². The Morgan fingerprint density at radius 2 is 1.71 bits per heavy atom. The molecule has 0 saturated carbocycles. The molecule has 10 nitrogen and oxygen atoms in total. The smallest absolute Gasteiger partial charge is 0.406 e. The third kappa shape index (κ3) is 8.16. The van der Waals surface area contributed by atoms with E-state index in [1.807, 2.05) is 6.07 Å². The molecular weight excluding hydrogens is 569 g/mol. The molecule has 202 valence electrons. The van der Waals surface area contributed by atoms with Crippen molar-refractivity contribution in [1.82, 2.24) is 9.71 Å².